The molecule has 2 aromatic rings. The van der Waals surface area contributed by atoms with E-state index in [1.807, 2.05) is 13.0 Å². The fraction of sp³-hybridized carbons (Fsp3) is 0.250. The van der Waals surface area contributed by atoms with Crippen molar-refractivity contribution < 1.29 is 8.78 Å². The van der Waals surface area contributed by atoms with Gasteiger partial charge in [0.1, 0.15) is 11.6 Å². The smallest absolute Gasteiger partial charge is 0.142 e. The molecule has 1 nitrogen and oxygen atoms in total. The van der Waals surface area contributed by atoms with Crippen molar-refractivity contribution in [1.29, 1.82) is 0 Å². The monoisotopic (exact) mass is 295 g/mol. The second kappa shape index (κ2) is 6.33. The van der Waals surface area contributed by atoms with E-state index in [4.69, 9.17) is 11.6 Å². The van der Waals surface area contributed by atoms with Gasteiger partial charge >= 0.3 is 0 Å². The summed E-state index contributed by atoms with van der Waals surface area (Å²) in [6.45, 7) is 1.84. The molecule has 0 radical (unpaired) electrons. The van der Waals surface area contributed by atoms with E-state index in [-0.39, 0.29) is 16.9 Å². The van der Waals surface area contributed by atoms with Gasteiger partial charge in [-0.2, -0.15) is 0 Å². The van der Waals surface area contributed by atoms with Gasteiger partial charge in [0.05, 0.1) is 5.02 Å². The summed E-state index contributed by atoms with van der Waals surface area (Å²) in [5, 5.41) is 3.25. The Hall–Kier alpha value is -1.45. The summed E-state index contributed by atoms with van der Waals surface area (Å²) in [5.41, 5.74) is 2.38. The number of likely N-dealkylation sites (N-methyl/N-ethyl adjacent to an activating group) is 1. The van der Waals surface area contributed by atoms with Gasteiger partial charge in [-0.25, -0.2) is 8.78 Å². The molecular weight excluding hydrogens is 280 g/mol. The van der Waals surface area contributed by atoms with Crippen molar-refractivity contribution in [1.82, 2.24) is 5.32 Å². The van der Waals surface area contributed by atoms with Gasteiger partial charge in [-0.05, 0) is 55.3 Å². The number of halogens is 3. The molecule has 0 aliphatic heterocycles. The molecule has 1 N–H and O–H groups in total. The number of hydrogen-bond donors (Lipinski definition) is 1. The highest BCUT2D eigenvalue weighted by Gasteiger charge is 2.15. The maximum absolute atomic E-state index is 13.5. The molecule has 2 aromatic carbocycles. The maximum atomic E-state index is 13.5. The molecule has 0 heterocycles. The predicted octanol–water partition coefficient (Wildman–Crippen LogP) is 4.43. The fourth-order valence-electron chi connectivity index (χ4n) is 2.28. The summed E-state index contributed by atoms with van der Waals surface area (Å²) in [6, 6.07) is 9.49. The first-order chi connectivity index (χ1) is 9.51. The Morgan fingerprint density at radius 2 is 1.95 bits per heavy atom. The molecule has 0 saturated carbocycles. The molecule has 1 atom stereocenters. The van der Waals surface area contributed by atoms with Crippen molar-refractivity contribution in [2.75, 3.05) is 7.05 Å². The molecule has 2 rings (SSSR count). The van der Waals surface area contributed by atoms with Crippen LogP contribution in [0.25, 0.3) is 0 Å². The van der Waals surface area contributed by atoms with Crippen molar-refractivity contribution >= 4 is 11.6 Å². The minimum atomic E-state index is -0.436. The molecule has 0 spiro atoms. The van der Waals surface area contributed by atoms with Crippen LogP contribution in [0.2, 0.25) is 5.02 Å². The highest BCUT2D eigenvalue weighted by molar-refractivity contribution is 6.31. The molecule has 1 unspecified atom stereocenters. The van der Waals surface area contributed by atoms with E-state index in [9.17, 15) is 8.78 Å². The normalized spacial score (nSPS) is 12.4. The van der Waals surface area contributed by atoms with Crippen LogP contribution in [0.15, 0.2) is 36.4 Å². The molecule has 106 valence electrons. The third-order valence-corrected chi connectivity index (χ3v) is 3.69. The van der Waals surface area contributed by atoms with Gasteiger partial charge in [0, 0.05) is 6.04 Å². The zero-order valence-electron chi connectivity index (χ0n) is 11.4. The average molecular weight is 296 g/mol. The second-order valence-corrected chi connectivity index (χ2v) is 5.20. The number of hydrogen-bond acceptors (Lipinski definition) is 1. The van der Waals surface area contributed by atoms with Gasteiger partial charge in [-0.15, -0.1) is 0 Å². The highest BCUT2D eigenvalue weighted by Crippen LogP contribution is 2.26. The Labute approximate surface area is 122 Å². The quantitative estimate of drug-likeness (QED) is 0.880. The Balaban J connectivity index is 2.31. The number of rotatable bonds is 4. The third kappa shape index (κ3) is 3.35. The molecule has 0 aromatic heterocycles. The number of nitrogens with one attached hydrogen (secondary N) is 1. The van der Waals surface area contributed by atoms with E-state index in [0.717, 1.165) is 11.1 Å². The molecule has 4 heteroatoms. The summed E-state index contributed by atoms with van der Waals surface area (Å²) >= 11 is 5.97. The first kappa shape index (κ1) is 14.9. The lowest BCUT2D eigenvalue weighted by Gasteiger charge is -2.18. The molecule has 0 amide bonds. The lowest BCUT2D eigenvalue weighted by molar-refractivity contribution is 0.572. The Morgan fingerprint density at radius 3 is 2.60 bits per heavy atom. The molecule has 0 aliphatic rings. The molecule has 0 aliphatic carbocycles. The first-order valence-corrected chi connectivity index (χ1v) is 6.76. The number of benzene rings is 2. The van der Waals surface area contributed by atoms with Crippen LogP contribution in [0.5, 0.6) is 0 Å². The van der Waals surface area contributed by atoms with Gasteiger partial charge in [0.25, 0.3) is 0 Å². The zero-order chi connectivity index (χ0) is 14.7. The average Bonchev–Trinajstić information content (AvgIpc) is 2.39. The minimum Gasteiger partial charge on any atom is -0.313 e. The van der Waals surface area contributed by atoms with Crippen LogP contribution in [-0.2, 0) is 6.42 Å². The van der Waals surface area contributed by atoms with E-state index in [2.05, 4.69) is 5.32 Å². The van der Waals surface area contributed by atoms with Crippen molar-refractivity contribution in [3.05, 3.63) is 69.7 Å². The van der Waals surface area contributed by atoms with Gasteiger partial charge < -0.3 is 5.32 Å². The minimum absolute atomic E-state index is 0.122. The Morgan fingerprint density at radius 1 is 1.20 bits per heavy atom. The third-order valence-electron chi connectivity index (χ3n) is 3.27. The van der Waals surface area contributed by atoms with Crippen LogP contribution in [0, 0.1) is 18.6 Å². The van der Waals surface area contributed by atoms with Crippen molar-refractivity contribution in [3.8, 4) is 0 Å². The molecule has 0 fully saturated rings. The lowest BCUT2D eigenvalue weighted by Crippen LogP contribution is -2.19. The van der Waals surface area contributed by atoms with Gasteiger partial charge in [-0.1, -0.05) is 29.8 Å². The van der Waals surface area contributed by atoms with Crippen LogP contribution < -0.4 is 5.32 Å². The first-order valence-electron chi connectivity index (χ1n) is 6.38. The summed E-state index contributed by atoms with van der Waals surface area (Å²) in [5.74, 6) is -0.708. The van der Waals surface area contributed by atoms with E-state index in [0.29, 0.717) is 12.0 Å². The van der Waals surface area contributed by atoms with Crippen molar-refractivity contribution in [2.24, 2.45) is 0 Å². The zero-order valence-corrected chi connectivity index (χ0v) is 12.1. The van der Waals surface area contributed by atoms with E-state index in [1.165, 1.54) is 18.2 Å². The highest BCUT2D eigenvalue weighted by atomic mass is 35.5. The van der Waals surface area contributed by atoms with Gasteiger partial charge in [0.2, 0.25) is 0 Å². The van der Waals surface area contributed by atoms with E-state index in [1.54, 1.807) is 19.2 Å². The summed E-state index contributed by atoms with van der Waals surface area (Å²) < 4.78 is 26.9. The SMILES string of the molecule is CNC(Cc1cccc(F)c1Cl)c1cc(C)cc(F)c1. The van der Waals surface area contributed by atoms with Crippen LogP contribution in [-0.4, -0.2) is 7.05 Å². The van der Waals surface area contributed by atoms with Gasteiger partial charge in [-0.3, -0.25) is 0 Å². The lowest BCUT2D eigenvalue weighted by atomic mass is 9.97. The fourth-order valence-corrected chi connectivity index (χ4v) is 2.48. The van der Waals surface area contributed by atoms with Crippen LogP contribution in [0.4, 0.5) is 8.78 Å². The topological polar surface area (TPSA) is 12.0 Å². The second-order valence-electron chi connectivity index (χ2n) is 4.82. The summed E-state index contributed by atoms with van der Waals surface area (Å²) in [4.78, 5) is 0. The Bertz CT molecular complexity index is 593. The summed E-state index contributed by atoms with van der Waals surface area (Å²) in [6.07, 6.45) is 0.496. The Kier molecular flexibility index (Phi) is 4.73. The summed E-state index contributed by atoms with van der Waals surface area (Å²) in [7, 11) is 1.79. The van der Waals surface area contributed by atoms with Crippen molar-refractivity contribution in [2.45, 2.75) is 19.4 Å². The molecule has 20 heavy (non-hydrogen) atoms. The molecule has 0 bridgehead atoms. The standard InChI is InChI=1S/C16H16ClF2N/c1-10-6-12(8-13(18)7-10)15(20-2)9-11-4-3-5-14(19)16(11)17/h3-8,15,20H,9H2,1-2H3. The largest absolute Gasteiger partial charge is 0.313 e. The van der Waals surface area contributed by atoms with E-state index < -0.39 is 5.82 Å². The molecule has 0 saturated heterocycles. The predicted molar refractivity (Wildman–Crippen MR) is 78.1 cm³/mol. The van der Waals surface area contributed by atoms with E-state index >= 15 is 0 Å². The van der Waals surface area contributed by atoms with Crippen LogP contribution in [0.3, 0.4) is 0 Å². The van der Waals surface area contributed by atoms with Crippen LogP contribution in [0.1, 0.15) is 22.7 Å². The van der Waals surface area contributed by atoms with Crippen molar-refractivity contribution in [3.63, 3.8) is 0 Å². The molecular formula is C16H16ClF2N. The van der Waals surface area contributed by atoms with Gasteiger partial charge in [0.15, 0.2) is 0 Å². The number of aryl methyl sites for hydroxylation is 1. The van der Waals surface area contributed by atoms with Crippen LogP contribution >= 0.6 is 11.6 Å². The maximum Gasteiger partial charge on any atom is 0.142 e.